The largest absolute Gasteiger partial charge is 0.479 e. The second-order valence-electron chi connectivity index (χ2n) is 1.90. The van der Waals surface area contributed by atoms with Gasteiger partial charge in [0, 0.05) is 7.11 Å². The Bertz CT molecular complexity index is 106. The number of aliphatic hydroxyl groups is 1. The van der Waals surface area contributed by atoms with E-state index in [4.69, 9.17) is 10.2 Å². The first-order valence-corrected chi connectivity index (χ1v) is 2.46. The zero-order valence-corrected chi connectivity index (χ0v) is 5.42. The van der Waals surface area contributed by atoms with Crippen molar-refractivity contribution in [1.82, 2.24) is 0 Å². The number of rotatable bonds is 3. The smallest absolute Gasteiger partial charge is 0.338 e. The van der Waals surface area contributed by atoms with Gasteiger partial charge >= 0.3 is 5.97 Å². The Balaban J connectivity index is 4.09. The van der Waals surface area contributed by atoms with Gasteiger partial charge in [-0.15, -0.1) is 0 Å². The van der Waals surface area contributed by atoms with Crippen LogP contribution in [0.5, 0.6) is 0 Å². The van der Waals surface area contributed by atoms with Crippen LogP contribution >= 0.6 is 0 Å². The summed E-state index contributed by atoms with van der Waals surface area (Å²) in [6.45, 7) is 0.786. The molecule has 4 heteroatoms. The fourth-order valence-electron chi connectivity index (χ4n) is 0.219. The van der Waals surface area contributed by atoms with E-state index in [0.717, 1.165) is 0 Å². The van der Waals surface area contributed by atoms with E-state index in [9.17, 15) is 4.79 Å². The highest BCUT2D eigenvalue weighted by Gasteiger charge is 2.31. The van der Waals surface area contributed by atoms with Gasteiger partial charge in [0.05, 0.1) is 6.61 Å². The highest BCUT2D eigenvalue weighted by atomic mass is 16.5. The molecule has 0 radical (unpaired) electrons. The number of carboxylic acid groups (broad SMARTS) is 1. The average Bonchev–Trinajstić information content (AvgIpc) is 1.86. The van der Waals surface area contributed by atoms with Gasteiger partial charge in [-0.05, 0) is 6.92 Å². The summed E-state index contributed by atoms with van der Waals surface area (Å²) in [6.07, 6.45) is 0. The molecule has 1 atom stereocenters. The summed E-state index contributed by atoms with van der Waals surface area (Å²) in [5, 5.41) is 16.8. The molecular weight excluding hydrogens is 124 g/mol. The summed E-state index contributed by atoms with van der Waals surface area (Å²) in [4.78, 5) is 10.2. The Morgan fingerprint density at radius 3 is 2.22 bits per heavy atom. The maximum absolute atomic E-state index is 10.2. The van der Waals surface area contributed by atoms with Crippen molar-refractivity contribution in [2.45, 2.75) is 12.5 Å². The van der Waals surface area contributed by atoms with Gasteiger partial charge in [-0.25, -0.2) is 4.79 Å². The third kappa shape index (κ3) is 1.65. The summed E-state index contributed by atoms with van der Waals surface area (Å²) >= 11 is 0. The minimum Gasteiger partial charge on any atom is -0.479 e. The summed E-state index contributed by atoms with van der Waals surface area (Å²) in [6, 6.07) is 0. The van der Waals surface area contributed by atoms with Crippen molar-refractivity contribution >= 4 is 5.97 Å². The first kappa shape index (κ1) is 8.39. The van der Waals surface area contributed by atoms with E-state index in [-0.39, 0.29) is 0 Å². The molecule has 0 aromatic carbocycles. The van der Waals surface area contributed by atoms with E-state index in [1.54, 1.807) is 0 Å². The normalized spacial score (nSPS) is 16.8. The van der Waals surface area contributed by atoms with Crippen LogP contribution in [-0.4, -0.2) is 35.5 Å². The maximum Gasteiger partial charge on any atom is 0.338 e. The molecule has 0 saturated heterocycles. The number of carboxylic acids is 1. The summed E-state index contributed by atoms with van der Waals surface area (Å²) in [5.74, 6) is -1.16. The number of aliphatic hydroxyl groups excluding tert-OH is 1. The van der Waals surface area contributed by atoms with Crippen LogP contribution < -0.4 is 0 Å². The van der Waals surface area contributed by atoms with Crippen molar-refractivity contribution in [3.05, 3.63) is 0 Å². The Morgan fingerprint density at radius 2 is 2.22 bits per heavy atom. The zero-order valence-electron chi connectivity index (χ0n) is 5.42. The number of methoxy groups -OCH3 is 1. The average molecular weight is 134 g/mol. The Morgan fingerprint density at radius 1 is 1.78 bits per heavy atom. The first-order chi connectivity index (χ1) is 4.06. The van der Waals surface area contributed by atoms with Crippen molar-refractivity contribution in [2.75, 3.05) is 13.7 Å². The molecule has 0 aromatic rings. The number of carbonyl (C=O) groups is 1. The van der Waals surface area contributed by atoms with Crippen LogP contribution in [0.15, 0.2) is 0 Å². The van der Waals surface area contributed by atoms with Gasteiger partial charge in [0.25, 0.3) is 0 Å². The topological polar surface area (TPSA) is 66.8 Å². The van der Waals surface area contributed by atoms with Crippen molar-refractivity contribution in [3.8, 4) is 0 Å². The number of hydrogen-bond acceptors (Lipinski definition) is 3. The highest BCUT2D eigenvalue weighted by Crippen LogP contribution is 2.06. The second-order valence-corrected chi connectivity index (χ2v) is 1.90. The molecule has 0 rings (SSSR count). The van der Waals surface area contributed by atoms with E-state index >= 15 is 0 Å². The quantitative estimate of drug-likeness (QED) is 0.544. The lowest BCUT2D eigenvalue weighted by atomic mass is 10.1. The monoisotopic (exact) mass is 134 g/mol. The van der Waals surface area contributed by atoms with E-state index in [1.807, 2.05) is 0 Å². The van der Waals surface area contributed by atoms with Crippen molar-refractivity contribution in [2.24, 2.45) is 0 Å². The molecule has 0 heterocycles. The fraction of sp³-hybridized carbons (Fsp3) is 0.800. The Hall–Kier alpha value is -0.610. The van der Waals surface area contributed by atoms with Crippen molar-refractivity contribution < 1.29 is 19.7 Å². The molecule has 9 heavy (non-hydrogen) atoms. The molecule has 0 amide bonds. The molecule has 0 aliphatic rings. The predicted molar refractivity (Wildman–Crippen MR) is 30.1 cm³/mol. The van der Waals surface area contributed by atoms with Gasteiger partial charge < -0.3 is 14.9 Å². The van der Waals surface area contributed by atoms with E-state index in [2.05, 4.69) is 4.74 Å². The van der Waals surface area contributed by atoms with Gasteiger partial charge in [-0.1, -0.05) is 0 Å². The molecule has 0 aliphatic heterocycles. The lowest BCUT2D eigenvalue weighted by Gasteiger charge is -2.19. The third-order valence-corrected chi connectivity index (χ3v) is 1.20. The molecule has 1 unspecified atom stereocenters. The number of ether oxygens (including phenoxy) is 1. The fourth-order valence-corrected chi connectivity index (χ4v) is 0.219. The predicted octanol–water partition coefficient (Wildman–Crippen LogP) is -0.532. The minimum atomic E-state index is -1.44. The van der Waals surface area contributed by atoms with Gasteiger partial charge in [-0.3, -0.25) is 0 Å². The lowest BCUT2D eigenvalue weighted by molar-refractivity contribution is -0.164. The van der Waals surface area contributed by atoms with Crippen molar-refractivity contribution in [3.63, 3.8) is 0 Å². The van der Waals surface area contributed by atoms with Crippen LogP contribution in [-0.2, 0) is 9.53 Å². The van der Waals surface area contributed by atoms with Crippen LogP contribution in [0.25, 0.3) is 0 Å². The van der Waals surface area contributed by atoms with E-state index < -0.39 is 18.2 Å². The summed E-state index contributed by atoms with van der Waals surface area (Å²) in [7, 11) is 1.24. The van der Waals surface area contributed by atoms with Gasteiger partial charge in [0.2, 0.25) is 0 Å². The number of hydrogen-bond donors (Lipinski definition) is 2. The van der Waals surface area contributed by atoms with Crippen LogP contribution in [0.3, 0.4) is 0 Å². The maximum atomic E-state index is 10.2. The van der Waals surface area contributed by atoms with Crippen LogP contribution in [0.1, 0.15) is 6.92 Å². The lowest BCUT2D eigenvalue weighted by Crippen LogP contribution is -2.40. The second kappa shape index (κ2) is 2.80. The van der Waals surface area contributed by atoms with Crippen molar-refractivity contribution in [1.29, 1.82) is 0 Å². The molecule has 0 saturated carbocycles. The molecule has 0 aliphatic carbocycles. The molecule has 2 N–H and O–H groups in total. The van der Waals surface area contributed by atoms with Gasteiger partial charge in [0.15, 0.2) is 5.60 Å². The number of aliphatic carboxylic acids is 1. The van der Waals surface area contributed by atoms with E-state index in [1.165, 1.54) is 14.0 Å². The van der Waals surface area contributed by atoms with Gasteiger partial charge in [-0.2, -0.15) is 0 Å². The Labute approximate surface area is 53.1 Å². The molecule has 0 fully saturated rings. The molecular formula is C5H10O4. The molecule has 4 nitrogen and oxygen atoms in total. The molecule has 0 aromatic heterocycles. The first-order valence-electron chi connectivity index (χ1n) is 2.46. The summed E-state index contributed by atoms with van der Waals surface area (Å²) < 4.78 is 4.50. The highest BCUT2D eigenvalue weighted by molar-refractivity contribution is 5.76. The standard InChI is InChI=1S/C5H10O4/c1-5(3-6,9-2)4(7)8/h6H,3H2,1-2H3,(H,7,8). The molecule has 0 bridgehead atoms. The molecule has 0 spiro atoms. The van der Waals surface area contributed by atoms with E-state index in [0.29, 0.717) is 0 Å². The van der Waals surface area contributed by atoms with Crippen LogP contribution in [0.4, 0.5) is 0 Å². The SMILES string of the molecule is COC(C)(CO)C(=O)O. The zero-order chi connectivity index (χ0) is 7.49. The van der Waals surface area contributed by atoms with Crippen LogP contribution in [0.2, 0.25) is 0 Å². The Kier molecular flexibility index (Phi) is 2.61. The summed E-state index contributed by atoms with van der Waals surface area (Å²) in [5.41, 5.74) is -1.44. The molecule has 54 valence electrons. The minimum absolute atomic E-state index is 0.515. The third-order valence-electron chi connectivity index (χ3n) is 1.20. The van der Waals surface area contributed by atoms with Gasteiger partial charge in [0.1, 0.15) is 0 Å². The van der Waals surface area contributed by atoms with Crippen LogP contribution in [0, 0.1) is 0 Å².